The predicted molar refractivity (Wildman–Crippen MR) is 266 cm³/mol. The van der Waals surface area contributed by atoms with Gasteiger partial charge in [0, 0.05) is 19.3 Å². The van der Waals surface area contributed by atoms with E-state index in [0.717, 1.165) is 83.5 Å². The quantitative estimate of drug-likeness (QED) is 0.0262. The number of carbonyl (C=O) groups excluding carboxylic acids is 3. The summed E-state index contributed by atoms with van der Waals surface area (Å²) in [6.45, 7) is 6.53. The summed E-state index contributed by atoms with van der Waals surface area (Å²) in [4.78, 5) is 38.0. The number of hydrogen-bond donors (Lipinski definition) is 0. The Balaban J connectivity index is 4.33. The van der Waals surface area contributed by atoms with Gasteiger partial charge in [0.1, 0.15) is 13.2 Å². The standard InChI is InChI=1S/C56H102O6/c1-4-7-10-13-16-19-22-25-26-27-28-29-32-34-37-40-43-46-49-55(58)61-52-53(62-56(59)50-47-44-41-38-35-31-24-21-18-15-12-9-6-3)51-60-54(57)48-45-42-39-36-33-30-23-20-17-14-11-8-5-2/h9,12,18,21,31,35,53H,4-8,10-11,13-17,19-20,22-30,32-34,36-52H2,1-3H3/b12-9-,21-18-,35-31-. The van der Waals surface area contributed by atoms with Crippen LogP contribution in [0.15, 0.2) is 36.5 Å². The molecule has 0 aliphatic rings. The summed E-state index contributed by atoms with van der Waals surface area (Å²) in [5.74, 6) is -0.895. The largest absolute Gasteiger partial charge is 0.462 e. The monoisotopic (exact) mass is 871 g/mol. The molecule has 1 atom stereocenters. The van der Waals surface area contributed by atoms with E-state index < -0.39 is 6.10 Å². The molecule has 0 bridgehead atoms. The van der Waals surface area contributed by atoms with Crippen molar-refractivity contribution in [2.45, 2.75) is 290 Å². The molecule has 0 aliphatic carbocycles. The van der Waals surface area contributed by atoms with E-state index in [-0.39, 0.29) is 31.1 Å². The molecular formula is C56H102O6. The van der Waals surface area contributed by atoms with Gasteiger partial charge in [-0.2, -0.15) is 0 Å². The Bertz CT molecular complexity index is 1050. The minimum absolute atomic E-state index is 0.0796. The summed E-state index contributed by atoms with van der Waals surface area (Å²) in [7, 11) is 0. The van der Waals surface area contributed by atoms with E-state index in [1.165, 1.54) is 161 Å². The zero-order chi connectivity index (χ0) is 45.1. The molecule has 0 fully saturated rings. The van der Waals surface area contributed by atoms with Crippen molar-refractivity contribution in [1.29, 1.82) is 0 Å². The van der Waals surface area contributed by atoms with Crippen LogP contribution in [0, 0.1) is 0 Å². The molecule has 0 aromatic heterocycles. The number of unbranched alkanes of at least 4 members (excludes halogenated alkanes) is 32. The van der Waals surface area contributed by atoms with Crippen LogP contribution in [-0.4, -0.2) is 37.2 Å². The molecule has 1 unspecified atom stereocenters. The maximum Gasteiger partial charge on any atom is 0.306 e. The van der Waals surface area contributed by atoms with Crippen LogP contribution in [0.1, 0.15) is 284 Å². The number of hydrogen-bond acceptors (Lipinski definition) is 6. The lowest BCUT2D eigenvalue weighted by molar-refractivity contribution is -0.167. The molecule has 0 saturated heterocycles. The summed E-state index contributed by atoms with van der Waals surface area (Å²) in [5, 5.41) is 0. The number of ether oxygens (including phenoxy) is 3. The van der Waals surface area contributed by atoms with Crippen LogP contribution in [0.2, 0.25) is 0 Å². The highest BCUT2D eigenvalue weighted by Crippen LogP contribution is 2.16. The van der Waals surface area contributed by atoms with Crippen LogP contribution in [0.25, 0.3) is 0 Å². The SMILES string of the molecule is CC/C=C\C/C=C\C/C=C\CCCCCC(=O)OC(COC(=O)CCCCCCCCCCCCCCC)COC(=O)CCCCCCCCCCCCCCCCCCCC. The second-order valence-corrected chi connectivity index (χ2v) is 18.1. The van der Waals surface area contributed by atoms with E-state index in [2.05, 4.69) is 57.2 Å². The molecule has 0 saturated carbocycles. The van der Waals surface area contributed by atoms with Gasteiger partial charge in [-0.1, -0.05) is 250 Å². The highest BCUT2D eigenvalue weighted by atomic mass is 16.6. The third-order valence-corrected chi connectivity index (χ3v) is 11.9. The van der Waals surface area contributed by atoms with Gasteiger partial charge in [-0.3, -0.25) is 14.4 Å². The molecule has 6 nitrogen and oxygen atoms in total. The van der Waals surface area contributed by atoms with Crippen molar-refractivity contribution in [1.82, 2.24) is 0 Å². The summed E-state index contributed by atoms with van der Waals surface area (Å²) in [6.07, 6.45) is 59.9. The Kier molecular flexibility index (Phi) is 49.3. The molecule has 362 valence electrons. The van der Waals surface area contributed by atoms with Crippen molar-refractivity contribution >= 4 is 17.9 Å². The maximum atomic E-state index is 12.8. The number of esters is 3. The first kappa shape index (κ1) is 59.6. The van der Waals surface area contributed by atoms with Crippen molar-refractivity contribution in [2.75, 3.05) is 13.2 Å². The van der Waals surface area contributed by atoms with Crippen LogP contribution >= 0.6 is 0 Å². The van der Waals surface area contributed by atoms with Gasteiger partial charge in [0.25, 0.3) is 0 Å². The van der Waals surface area contributed by atoms with Gasteiger partial charge in [-0.25, -0.2) is 0 Å². The van der Waals surface area contributed by atoms with Gasteiger partial charge >= 0.3 is 17.9 Å². The lowest BCUT2D eigenvalue weighted by atomic mass is 10.0. The molecular weight excluding hydrogens is 769 g/mol. The van der Waals surface area contributed by atoms with Crippen LogP contribution in [0.4, 0.5) is 0 Å². The second-order valence-electron chi connectivity index (χ2n) is 18.1. The average Bonchev–Trinajstić information content (AvgIpc) is 3.27. The molecule has 0 heterocycles. The topological polar surface area (TPSA) is 78.9 Å². The molecule has 0 aromatic carbocycles. The summed E-state index contributed by atoms with van der Waals surface area (Å²) >= 11 is 0. The van der Waals surface area contributed by atoms with Gasteiger partial charge in [-0.05, 0) is 51.4 Å². The van der Waals surface area contributed by atoms with Crippen LogP contribution in [0.3, 0.4) is 0 Å². The van der Waals surface area contributed by atoms with Crippen molar-refractivity contribution in [2.24, 2.45) is 0 Å². The predicted octanol–water partition coefficient (Wildman–Crippen LogP) is 17.7. The smallest absolute Gasteiger partial charge is 0.306 e. The van der Waals surface area contributed by atoms with Gasteiger partial charge < -0.3 is 14.2 Å². The number of rotatable bonds is 49. The van der Waals surface area contributed by atoms with Crippen LogP contribution in [0.5, 0.6) is 0 Å². The molecule has 0 amide bonds. The fourth-order valence-corrected chi connectivity index (χ4v) is 7.87. The Hall–Kier alpha value is -2.37. The summed E-state index contributed by atoms with van der Waals surface area (Å²) in [6, 6.07) is 0. The molecule has 6 heteroatoms. The first-order valence-corrected chi connectivity index (χ1v) is 27.0. The van der Waals surface area contributed by atoms with Crippen LogP contribution < -0.4 is 0 Å². The van der Waals surface area contributed by atoms with Crippen molar-refractivity contribution < 1.29 is 28.6 Å². The zero-order valence-corrected chi connectivity index (χ0v) is 41.4. The molecule has 0 N–H and O–H groups in total. The third kappa shape index (κ3) is 48.7. The van der Waals surface area contributed by atoms with Crippen molar-refractivity contribution in [3.8, 4) is 0 Å². The Labute approximate surface area is 385 Å². The fraction of sp³-hybridized carbons (Fsp3) is 0.839. The maximum absolute atomic E-state index is 12.8. The zero-order valence-electron chi connectivity index (χ0n) is 41.4. The van der Waals surface area contributed by atoms with Crippen LogP contribution in [-0.2, 0) is 28.6 Å². The molecule has 62 heavy (non-hydrogen) atoms. The van der Waals surface area contributed by atoms with Crippen molar-refractivity contribution in [3.63, 3.8) is 0 Å². The summed E-state index contributed by atoms with van der Waals surface area (Å²) < 4.78 is 16.8. The van der Waals surface area contributed by atoms with E-state index in [1.807, 2.05) is 0 Å². The third-order valence-electron chi connectivity index (χ3n) is 11.9. The van der Waals surface area contributed by atoms with E-state index in [4.69, 9.17) is 14.2 Å². The second kappa shape index (κ2) is 51.3. The first-order valence-electron chi connectivity index (χ1n) is 27.0. The van der Waals surface area contributed by atoms with Crippen molar-refractivity contribution in [3.05, 3.63) is 36.5 Å². The Morgan fingerprint density at radius 3 is 0.984 bits per heavy atom. The molecule has 0 aliphatic heterocycles. The van der Waals surface area contributed by atoms with E-state index >= 15 is 0 Å². The minimum atomic E-state index is -0.782. The molecule has 0 rings (SSSR count). The lowest BCUT2D eigenvalue weighted by Gasteiger charge is -2.18. The molecule has 0 aromatic rings. The Morgan fingerprint density at radius 2 is 0.629 bits per heavy atom. The number of carbonyl (C=O) groups is 3. The normalized spacial score (nSPS) is 12.2. The fourth-order valence-electron chi connectivity index (χ4n) is 7.87. The Morgan fingerprint density at radius 1 is 0.339 bits per heavy atom. The average molecular weight is 871 g/mol. The molecule has 0 spiro atoms. The van der Waals surface area contributed by atoms with E-state index in [0.29, 0.717) is 19.3 Å². The van der Waals surface area contributed by atoms with Gasteiger partial charge in [0.2, 0.25) is 0 Å². The summed E-state index contributed by atoms with van der Waals surface area (Å²) in [5.41, 5.74) is 0. The lowest BCUT2D eigenvalue weighted by Crippen LogP contribution is -2.30. The minimum Gasteiger partial charge on any atom is -0.462 e. The van der Waals surface area contributed by atoms with E-state index in [1.54, 1.807) is 0 Å². The van der Waals surface area contributed by atoms with Gasteiger partial charge in [0.15, 0.2) is 6.10 Å². The molecule has 0 radical (unpaired) electrons. The highest BCUT2D eigenvalue weighted by molar-refractivity contribution is 5.71. The number of allylic oxidation sites excluding steroid dienone is 6. The van der Waals surface area contributed by atoms with E-state index in [9.17, 15) is 14.4 Å². The highest BCUT2D eigenvalue weighted by Gasteiger charge is 2.19. The van der Waals surface area contributed by atoms with Gasteiger partial charge in [-0.15, -0.1) is 0 Å². The van der Waals surface area contributed by atoms with Gasteiger partial charge in [0.05, 0.1) is 0 Å². The first-order chi connectivity index (χ1) is 30.5.